The number of carbonyl (C=O) groups is 1. The Morgan fingerprint density at radius 2 is 1.07 bits per heavy atom. The van der Waals surface area contributed by atoms with Crippen LogP contribution in [0.4, 0.5) is 66.2 Å². The molecule has 0 aromatic carbocycles. The van der Waals surface area contributed by atoms with E-state index >= 15 is 0 Å². The van der Waals surface area contributed by atoms with Crippen molar-refractivity contribution in [1.29, 1.82) is 0 Å². The number of rotatable bonds is 3. The third kappa shape index (κ3) is 2.93. The van der Waals surface area contributed by atoms with E-state index in [0.29, 0.717) is 0 Å². The van der Waals surface area contributed by atoms with E-state index in [1.54, 1.807) is 4.74 Å². The van der Waals surface area contributed by atoms with Crippen LogP contribution in [0.1, 0.15) is 0 Å². The van der Waals surface area contributed by atoms with Gasteiger partial charge in [-0.1, -0.05) is 0 Å². The van der Waals surface area contributed by atoms with Crippen LogP contribution in [0.2, 0.25) is 0 Å². The highest BCUT2D eigenvalue weighted by molar-refractivity contribution is 5.77. The van der Waals surface area contributed by atoms with Crippen molar-refractivity contribution >= 4 is 5.97 Å². The topological polar surface area (TPSA) is 49.8 Å². The maximum absolute atomic E-state index is 13.9. The average molecular weight is 445 g/mol. The molecule has 1 N–H and O–H groups in total. The van der Waals surface area contributed by atoms with Gasteiger partial charge in [-0.05, 0) is 0 Å². The number of carboxylic acids is 1. The Morgan fingerprint density at radius 3 is 1.30 bits per heavy atom. The zero-order valence-electron chi connectivity index (χ0n) is 11.4. The zero-order chi connectivity index (χ0) is 21.4. The van der Waals surface area contributed by atoms with Crippen molar-refractivity contribution in [1.82, 2.24) is 4.90 Å². The van der Waals surface area contributed by atoms with Crippen LogP contribution in [0.25, 0.3) is 0 Å². The Hall–Kier alpha value is -1.66. The maximum atomic E-state index is 13.9. The summed E-state index contributed by atoms with van der Waals surface area (Å²) in [6.07, 6.45) is -22.0. The second-order valence-electron chi connectivity index (χ2n) is 4.55. The molecule has 0 aromatic heterocycles. The molecule has 27 heavy (non-hydrogen) atoms. The van der Waals surface area contributed by atoms with Gasteiger partial charge in [0.05, 0.1) is 0 Å². The number of hydrogen-bond acceptors (Lipinski definition) is 3. The minimum Gasteiger partial charge on any atom is -0.477 e. The lowest BCUT2D eigenvalue weighted by molar-refractivity contribution is -0.594. The molecule has 0 aliphatic carbocycles. The Bertz CT molecular complexity index is 574. The monoisotopic (exact) mass is 445 g/mol. The van der Waals surface area contributed by atoms with E-state index in [0.717, 1.165) is 0 Å². The summed E-state index contributed by atoms with van der Waals surface area (Å²) in [5.74, 6) is -19.7. The fourth-order valence-electron chi connectivity index (χ4n) is 1.69. The molecule has 0 amide bonds. The molecule has 0 bridgehead atoms. The van der Waals surface area contributed by atoms with Gasteiger partial charge in [-0.3, -0.25) is 4.70 Å². The highest BCUT2D eigenvalue weighted by Gasteiger charge is 2.94. The molecule has 1 aliphatic rings. The Kier molecular flexibility index (Phi) is 5.55. The first kappa shape index (κ1) is 25.3. The van der Waals surface area contributed by atoms with Gasteiger partial charge >= 0.3 is 48.2 Å². The molecule has 1 saturated heterocycles. The van der Waals surface area contributed by atoms with Crippen LogP contribution >= 0.6 is 0 Å². The summed E-state index contributed by atoms with van der Waals surface area (Å²) in [4.78, 5) is 5.84. The predicted molar refractivity (Wildman–Crippen MR) is 47.7 cm³/mol. The van der Waals surface area contributed by atoms with Crippen molar-refractivity contribution in [2.24, 2.45) is 0 Å². The average Bonchev–Trinajstić information content (AvgIpc) is 2.33. The minimum absolute atomic E-state index is 0. The number of alkyl halides is 14. The molecule has 1 rings (SSSR count). The standard InChI is InChI=1S/C8HF14NO3.FH/c9-2(10,1(24)25)3(11,4(12,13)14)23-5(15,16)7(19,20)26-8(21,22)6(23,17)18;/h(H,24,25);1H. The molecule has 1 atom stereocenters. The molecule has 0 radical (unpaired) electrons. The van der Waals surface area contributed by atoms with Crippen LogP contribution in [-0.4, -0.2) is 58.2 Å². The van der Waals surface area contributed by atoms with Crippen LogP contribution in [-0.2, 0) is 9.53 Å². The normalized spacial score (nSPS) is 26.6. The van der Waals surface area contributed by atoms with E-state index in [4.69, 9.17) is 5.11 Å². The Labute approximate surface area is 135 Å². The van der Waals surface area contributed by atoms with Crippen LogP contribution < -0.4 is 0 Å². The van der Waals surface area contributed by atoms with E-state index < -0.39 is 53.1 Å². The van der Waals surface area contributed by atoms with Crippen LogP contribution in [0.15, 0.2) is 0 Å². The molecule has 162 valence electrons. The quantitative estimate of drug-likeness (QED) is 0.531. The van der Waals surface area contributed by atoms with Gasteiger partial charge in [0.25, 0.3) is 0 Å². The predicted octanol–water partition coefficient (Wildman–Crippen LogP) is 3.79. The number of aliphatic carboxylic acids is 1. The first-order valence-corrected chi connectivity index (χ1v) is 5.40. The number of ether oxygens (including phenoxy) is 1. The van der Waals surface area contributed by atoms with Gasteiger partial charge < -0.3 is 5.11 Å². The summed E-state index contributed by atoms with van der Waals surface area (Å²) in [5, 5.41) is 7.86. The van der Waals surface area contributed by atoms with Crippen molar-refractivity contribution in [3.63, 3.8) is 0 Å². The Balaban J connectivity index is 0.00000676. The largest absolute Gasteiger partial charge is 0.477 e. The van der Waals surface area contributed by atoms with E-state index in [1.807, 2.05) is 0 Å². The second-order valence-corrected chi connectivity index (χ2v) is 4.55. The van der Waals surface area contributed by atoms with Crippen LogP contribution in [0, 0.1) is 0 Å². The fraction of sp³-hybridized carbons (Fsp3) is 0.875. The van der Waals surface area contributed by atoms with Gasteiger partial charge in [0.15, 0.2) is 0 Å². The second kappa shape index (κ2) is 5.92. The molecule has 0 saturated carbocycles. The van der Waals surface area contributed by atoms with Crippen molar-refractivity contribution < 1.29 is 80.8 Å². The summed E-state index contributed by atoms with van der Waals surface area (Å²) in [6, 6.07) is -15.1. The molecular formula is C8H2F15NO3. The van der Waals surface area contributed by atoms with Gasteiger partial charge in [0.1, 0.15) is 0 Å². The molecule has 1 heterocycles. The molecule has 4 nitrogen and oxygen atoms in total. The van der Waals surface area contributed by atoms with Gasteiger partial charge in [-0.15, -0.1) is 4.90 Å². The summed E-state index contributed by atoms with van der Waals surface area (Å²) >= 11 is 0. The highest BCUT2D eigenvalue weighted by atomic mass is 19.4. The van der Waals surface area contributed by atoms with E-state index in [1.165, 1.54) is 0 Å². The first-order chi connectivity index (χ1) is 11.0. The third-order valence-electron chi connectivity index (χ3n) is 2.89. The van der Waals surface area contributed by atoms with E-state index in [-0.39, 0.29) is 4.70 Å². The fourth-order valence-corrected chi connectivity index (χ4v) is 1.69. The van der Waals surface area contributed by atoms with Gasteiger partial charge in [-0.25, -0.2) is 13.9 Å². The number of hydrogen-bond donors (Lipinski definition) is 1. The highest BCUT2D eigenvalue weighted by Crippen LogP contribution is 2.63. The molecule has 19 heteroatoms. The number of halogens is 15. The number of morpholine rings is 1. The summed E-state index contributed by atoms with van der Waals surface area (Å²) in [6.45, 7) is 0. The van der Waals surface area contributed by atoms with Crippen molar-refractivity contribution in [2.75, 3.05) is 0 Å². The van der Waals surface area contributed by atoms with E-state index in [9.17, 15) is 66.3 Å². The van der Waals surface area contributed by atoms with Gasteiger partial charge in [0, 0.05) is 0 Å². The summed E-state index contributed by atoms with van der Waals surface area (Å²) in [7, 11) is 0. The molecule has 1 aliphatic heterocycles. The lowest BCUT2D eigenvalue weighted by atomic mass is 10.0. The molecule has 1 fully saturated rings. The molecular weight excluding hydrogens is 443 g/mol. The Morgan fingerprint density at radius 1 is 0.778 bits per heavy atom. The molecule has 1 unspecified atom stereocenters. The lowest BCUT2D eigenvalue weighted by Crippen LogP contribution is -2.84. The van der Waals surface area contributed by atoms with Gasteiger partial charge in [0.2, 0.25) is 0 Å². The van der Waals surface area contributed by atoms with Crippen molar-refractivity contribution in [3.05, 3.63) is 0 Å². The minimum atomic E-state index is -7.94. The van der Waals surface area contributed by atoms with Crippen LogP contribution in [0.5, 0.6) is 0 Å². The lowest BCUT2D eigenvalue weighted by Gasteiger charge is -2.52. The van der Waals surface area contributed by atoms with Gasteiger partial charge in [-0.2, -0.15) is 57.1 Å². The maximum Gasteiger partial charge on any atom is 0.444 e. The SMILES string of the molecule is F.O=C(O)C(F)(F)C(F)(N1C(F)(F)C(F)(F)OC(F)(F)C1(F)F)C(F)(F)F. The van der Waals surface area contributed by atoms with Crippen molar-refractivity contribution in [3.8, 4) is 0 Å². The molecule has 0 spiro atoms. The smallest absolute Gasteiger partial charge is 0.444 e. The first-order valence-electron chi connectivity index (χ1n) is 5.40. The van der Waals surface area contributed by atoms with Crippen molar-refractivity contribution in [2.45, 2.75) is 42.2 Å². The van der Waals surface area contributed by atoms with Crippen LogP contribution in [0.3, 0.4) is 0 Å². The number of carboxylic acid groups (broad SMARTS) is 1. The molecule has 0 aromatic rings. The zero-order valence-corrected chi connectivity index (χ0v) is 11.4. The number of nitrogens with zero attached hydrogens (tertiary/aromatic N) is 1. The summed E-state index contributed by atoms with van der Waals surface area (Å²) < 4.78 is 184. The summed E-state index contributed by atoms with van der Waals surface area (Å²) in [5.41, 5.74) is 0. The third-order valence-corrected chi connectivity index (χ3v) is 2.89. The van der Waals surface area contributed by atoms with E-state index in [2.05, 4.69) is 0 Å².